The first kappa shape index (κ1) is 19.0. The Morgan fingerprint density at radius 3 is 2.41 bits per heavy atom. The SMILES string of the molecule is O=C(O)CNC(=O)[C@H]1C[C@H](c2c(-c3ccc(F)cc3)[nH]c3c(F)cc(F)cc32)C1. The van der Waals surface area contributed by atoms with Crippen LogP contribution >= 0.6 is 0 Å². The van der Waals surface area contributed by atoms with E-state index in [1.54, 1.807) is 12.1 Å². The van der Waals surface area contributed by atoms with Gasteiger partial charge < -0.3 is 15.4 Å². The summed E-state index contributed by atoms with van der Waals surface area (Å²) in [5.74, 6) is -3.86. The van der Waals surface area contributed by atoms with Crippen molar-refractivity contribution in [1.29, 1.82) is 0 Å². The minimum absolute atomic E-state index is 0.148. The van der Waals surface area contributed by atoms with Crippen LogP contribution in [0.5, 0.6) is 0 Å². The molecule has 0 bridgehead atoms. The Bertz CT molecular complexity index is 1100. The molecule has 0 radical (unpaired) electrons. The highest BCUT2D eigenvalue weighted by Crippen LogP contribution is 2.48. The molecule has 3 N–H and O–H groups in total. The number of nitrogens with one attached hydrogen (secondary N) is 2. The molecule has 1 aromatic heterocycles. The first-order chi connectivity index (χ1) is 13.8. The van der Waals surface area contributed by atoms with E-state index in [0.29, 0.717) is 35.0 Å². The number of aliphatic carboxylic acids is 1. The van der Waals surface area contributed by atoms with Gasteiger partial charge in [0, 0.05) is 17.4 Å². The Balaban J connectivity index is 1.70. The quantitative estimate of drug-likeness (QED) is 0.605. The Morgan fingerprint density at radius 1 is 1.07 bits per heavy atom. The summed E-state index contributed by atoms with van der Waals surface area (Å²) in [7, 11) is 0. The highest BCUT2D eigenvalue weighted by atomic mass is 19.1. The lowest BCUT2D eigenvalue weighted by Gasteiger charge is -2.35. The summed E-state index contributed by atoms with van der Waals surface area (Å²) in [6.07, 6.45) is 0.843. The van der Waals surface area contributed by atoms with Crippen LogP contribution < -0.4 is 5.32 Å². The lowest BCUT2D eigenvalue weighted by molar-refractivity contribution is -0.139. The number of amides is 1. The molecule has 29 heavy (non-hydrogen) atoms. The van der Waals surface area contributed by atoms with E-state index in [0.717, 1.165) is 6.07 Å². The van der Waals surface area contributed by atoms with Gasteiger partial charge in [-0.05, 0) is 60.2 Å². The fraction of sp³-hybridized carbons (Fsp3) is 0.238. The zero-order valence-corrected chi connectivity index (χ0v) is 15.1. The number of aromatic nitrogens is 1. The summed E-state index contributed by atoms with van der Waals surface area (Å²) in [4.78, 5) is 25.7. The van der Waals surface area contributed by atoms with Crippen molar-refractivity contribution in [3.8, 4) is 11.3 Å². The smallest absolute Gasteiger partial charge is 0.322 e. The molecule has 3 aromatic rings. The van der Waals surface area contributed by atoms with E-state index in [1.807, 2.05) is 0 Å². The molecule has 1 heterocycles. The Kier molecular flexibility index (Phi) is 4.77. The van der Waals surface area contributed by atoms with Crippen LogP contribution in [0.4, 0.5) is 13.2 Å². The third kappa shape index (κ3) is 3.57. The van der Waals surface area contributed by atoms with E-state index in [9.17, 15) is 22.8 Å². The van der Waals surface area contributed by atoms with Crippen molar-refractivity contribution < 1.29 is 27.9 Å². The number of fused-ring (bicyclic) bond motifs is 1. The lowest BCUT2D eigenvalue weighted by Crippen LogP contribution is -2.40. The Labute approximate surface area is 163 Å². The number of hydrogen-bond acceptors (Lipinski definition) is 2. The van der Waals surface area contributed by atoms with Crippen LogP contribution in [-0.4, -0.2) is 28.5 Å². The van der Waals surface area contributed by atoms with Crippen molar-refractivity contribution >= 4 is 22.8 Å². The van der Waals surface area contributed by atoms with E-state index in [2.05, 4.69) is 10.3 Å². The minimum atomic E-state index is -1.13. The van der Waals surface area contributed by atoms with Gasteiger partial charge in [-0.15, -0.1) is 0 Å². The van der Waals surface area contributed by atoms with Gasteiger partial charge in [0.25, 0.3) is 0 Å². The average Bonchev–Trinajstić information content (AvgIpc) is 2.99. The predicted octanol–water partition coefficient (Wildman–Crippen LogP) is 3.95. The van der Waals surface area contributed by atoms with Crippen molar-refractivity contribution in [2.75, 3.05) is 6.54 Å². The van der Waals surface area contributed by atoms with Gasteiger partial charge in [-0.25, -0.2) is 13.2 Å². The number of benzene rings is 2. The molecular formula is C21H17F3N2O3. The summed E-state index contributed by atoms with van der Waals surface area (Å²) in [5.41, 5.74) is 2.00. The maximum absolute atomic E-state index is 14.3. The fourth-order valence-corrected chi connectivity index (χ4v) is 3.88. The topological polar surface area (TPSA) is 82.2 Å². The Morgan fingerprint density at radius 2 is 1.76 bits per heavy atom. The summed E-state index contributed by atoms with van der Waals surface area (Å²) in [6, 6.07) is 7.70. The first-order valence-electron chi connectivity index (χ1n) is 9.09. The van der Waals surface area contributed by atoms with Crippen LogP contribution in [0.2, 0.25) is 0 Å². The number of carbonyl (C=O) groups excluding carboxylic acids is 1. The fourth-order valence-electron chi connectivity index (χ4n) is 3.88. The van der Waals surface area contributed by atoms with Crippen LogP contribution in [0.25, 0.3) is 22.2 Å². The average molecular weight is 402 g/mol. The molecule has 1 saturated carbocycles. The summed E-state index contributed by atoms with van der Waals surface area (Å²) < 4.78 is 41.5. The molecule has 0 atom stereocenters. The number of carbonyl (C=O) groups is 2. The van der Waals surface area contributed by atoms with Gasteiger partial charge in [0.05, 0.1) is 11.2 Å². The summed E-state index contributed by atoms with van der Waals surface area (Å²) in [5, 5.41) is 11.4. The van der Waals surface area contributed by atoms with E-state index < -0.39 is 30.0 Å². The number of H-pyrrole nitrogens is 1. The molecule has 2 aromatic carbocycles. The largest absolute Gasteiger partial charge is 0.480 e. The standard InChI is InChI=1S/C21H17F3N2O3/c22-13-3-1-10(2-4-13)19-18(15-7-14(23)8-16(24)20(15)26-19)11-5-12(6-11)21(29)25-9-17(27)28/h1-4,7-8,11-12,26H,5-6,9H2,(H,25,29)(H,27,28)/t11-,12-. The number of aromatic amines is 1. The third-order valence-electron chi connectivity index (χ3n) is 5.33. The van der Waals surface area contributed by atoms with Crippen LogP contribution in [-0.2, 0) is 9.59 Å². The zero-order valence-electron chi connectivity index (χ0n) is 15.1. The van der Waals surface area contributed by atoms with E-state index in [4.69, 9.17) is 5.11 Å². The second-order valence-corrected chi connectivity index (χ2v) is 7.21. The van der Waals surface area contributed by atoms with Gasteiger partial charge in [0.2, 0.25) is 5.91 Å². The van der Waals surface area contributed by atoms with Gasteiger partial charge in [0.1, 0.15) is 24.0 Å². The first-order valence-corrected chi connectivity index (χ1v) is 9.09. The molecule has 0 aliphatic heterocycles. The molecule has 1 amide bonds. The number of carboxylic acids is 1. The zero-order chi connectivity index (χ0) is 20.7. The monoisotopic (exact) mass is 402 g/mol. The highest BCUT2D eigenvalue weighted by Gasteiger charge is 2.38. The molecule has 0 spiro atoms. The van der Waals surface area contributed by atoms with Crippen molar-refractivity contribution in [3.63, 3.8) is 0 Å². The molecule has 0 saturated heterocycles. The number of carboxylic acid groups (broad SMARTS) is 1. The maximum atomic E-state index is 14.3. The van der Waals surface area contributed by atoms with Crippen molar-refractivity contribution in [3.05, 3.63) is 59.4 Å². The Hall–Kier alpha value is -3.29. The molecule has 5 nitrogen and oxygen atoms in total. The van der Waals surface area contributed by atoms with Crippen LogP contribution in [0.15, 0.2) is 36.4 Å². The van der Waals surface area contributed by atoms with Gasteiger partial charge in [0.15, 0.2) is 0 Å². The summed E-state index contributed by atoms with van der Waals surface area (Å²) in [6.45, 7) is -0.454. The predicted molar refractivity (Wildman–Crippen MR) is 99.7 cm³/mol. The second-order valence-electron chi connectivity index (χ2n) is 7.21. The van der Waals surface area contributed by atoms with Crippen molar-refractivity contribution in [1.82, 2.24) is 10.3 Å². The molecule has 4 rings (SSSR count). The molecule has 1 fully saturated rings. The van der Waals surface area contributed by atoms with Crippen LogP contribution in [0, 0.1) is 23.4 Å². The van der Waals surface area contributed by atoms with Gasteiger partial charge >= 0.3 is 5.97 Å². The third-order valence-corrected chi connectivity index (χ3v) is 5.33. The highest BCUT2D eigenvalue weighted by molar-refractivity contribution is 5.93. The molecule has 150 valence electrons. The normalized spacial score (nSPS) is 18.4. The van der Waals surface area contributed by atoms with E-state index >= 15 is 0 Å². The second kappa shape index (κ2) is 7.27. The van der Waals surface area contributed by atoms with Crippen molar-refractivity contribution in [2.24, 2.45) is 5.92 Å². The molecular weight excluding hydrogens is 385 g/mol. The number of hydrogen-bond donors (Lipinski definition) is 3. The molecule has 1 aliphatic carbocycles. The van der Waals surface area contributed by atoms with Crippen molar-refractivity contribution in [2.45, 2.75) is 18.8 Å². The minimum Gasteiger partial charge on any atom is -0.480 e. The number of rotatable bonds is 5. The van der Waals surface area contributed by atoms with E-state index in [-0.39, 0.29) is 23.3 Å². The number of halogens is 3. The molecule has 1 aliphatic rings. The van der Waals surface area contributed by atoms with E-state index in [1.165, 1.54) is 18.2 Å². The lowest BCUT2D eigenvalue weighted by atomic mass is 9.70. The maximum Gasteiger partial charge on any atom is 0.322 e. The van der Waals surface area contributed by atoms with Crippen LogP contribution in [0.1, 0.15) is 24.3 Å². The van der Waals surface area contributed by atoms with Gasteiger partial charge in [-0.1, -0.05) is 0 Å². The van der Waals surface area contributed by atoms with Gasteiger partial charge in [-0.3, -0.25) is 9.59 Å². The van der Waals surface area contributed by atoms with Gasteiger partial charge in [-0.2, -0.15) is 0 Å². The molecule has 8 heteroatoms. The molecule has 0 unspecified atom stereocenters. The van der Waals surface area contributed by atoms with Crippen LogP contribution in [0.3, 0.4) is 0 Å². The summed E-state index contributed by atoms with van der Waals surface area (Å²) >= 11 is 0.